The minimum atomic E-state index is 0.0449. The van der Waals surface area contributed by atoms with Gasteiger partial charge in [-0.15, -0.1) is 11.8 Å². The Labute approximate surface area is 126 Å². The normalized spacial score (nSPS) is 20.1. The summed E-state index contributed by atoms with van der Waals surface area (Å²) in [5, 5.41) is 3.25. The van der Waals surface area contributed by atoms with Crippen LogP contribution in [0.5, 0.6) is 0 Å². The molecule has 2 unspecified atom stereocenters. The molecule has 1 fully saturated rings. The second-order valence-electron chi connectivity index (χ2n) is 5.44. The van der Waals surface area contributed by atoms with Crippen LogP contribution in [-0.4, -0.2) is 42.7 Å². The van der Waals surface area contributed by atoms with Crippen molar-refractivity contribution in [3.63, 3.8) is 0 Å². The number of hydrogen-bond acceptors (Lipinski definition) is 3. The number of rotatable bonds is 6. The third-order valence-corrected chi connectivity index (χ3v) is 4.98. The summed E-state index contributed by atoms with van der Waals surface area (Å²) in [4.78, 5) is 14.4. The first-order valence-electron chi connectivity index (χ1n) is 7.29. The van der Waals surface area contributed by atoms with Gasteiger partial charge in [0.05, 0.1) is 5.25 Å². The molecule has 3 nitrogen and oxygen atoms in total. The zero-order valence-electron chi connectivity index (χ0n) is 12.3. The third kappa shape index (κ3) is 4.25. The van der Waals surface area contributed by atoms with E-state index in [1.807, 2.05) is 37.1 Å². The van der Waals surface area contributed by atoms with Crippen LogP contribution in [0.25, 0.3) is 0 Å². The average molecular weight is 292 g/mol. The molecule has 20 heavy (non-hydrogen) atoms. The van der Waals surface area contributed by atoms with E-state index >= 15 is 0 Å². The van der Waals surface area contributed by atoms with Crippen molar-refractivity contribution in [3.8, 4) is 0 Å². The summed E-state index contributed by atoms with van der Waals surface area (Å²) < 4.78 is 0. The topological polar surface area (TPSA) is 32.3 Å². The van der Waals surface area contributed by atoms with E-state index in [4.69, 9.17) is 0 Å². The van der Waals surface area contributed by atoms with Crippen molar-refractivity contribution in [3.05, 3.63) is 35.9 Å². The Kier molecular flexibility index (Phi) is 5.92. The van der Waals surface area contributed by atoms with Crippen molar-refractivity contribution in [2.75, 3.05) is 26.7 Å². The number of thioether (sulfide) groups is 1. The third-order valence-electron chi connectivity index (χ3n) is 3.78. The summed E-state index contributed by atoms with van der Waals surface area (Å²) >= 11 is 1.73. The molecular weight excluding hydrogens is 268 g/mol. The monoisotopic (exact) mass is 292 g/mol. The fraction of sp³-hybridized carbons (Fsp3) is 0.562. The maximum atomic E-state index is 12.4. The number of carbonyl (C=O) groups excluding carboxylic acids is 1. The van der Waals surface area contributed by atoms with E-state index in [1.54, 1.807) is 11.8 Å². The molecule has 1 aromatic carbocycles. The maximum Gasteiger partial charge on any atom is 0.235 e. The number of benzene rings is 1. The Morgan fingerprint density at radius 2 is 2.20 bits per heavy atom. The molecule has 2 atom stereocenters. The summed E-state index contributed by atoms with van der Waals surface area (Å²) in [5.74, 6) is 1.82. The van der Waals surface area contributed by atoms with E-state index in [1.165, 1.54) is 5.56 Å². The molecule has 0 aromatic heterocycles. The predicted molar refractivity (Wildman–Crippen MR) is 85.8 cm³/mol. The van der Waals surface area contributed by atoms with Crippen LogP contribution < -0.4 is 5.32 Å². The lowest BCUT2D eigenvalue weighted by Crippen LogP contribution is -2.35. The molecule has 110 valence electrons. The molecule has 0 spiro atoms. The molecule has 1 amide bonds. The van der Waals surface area contributed by atoms with Crippen molar-refractivity contribution in [1.29, 1.82) is 0 Å². The number of nitrogens with zero attached hydrogens (tertiary/aromatic N) is 1. The molecule has 0 radical (unpaired) electrons. The van der Waals surface area contributed by atoms with Gasteiger partial charge in [0, 0.05) is 18.8 Å². The molecule has 1 aliphatic heterocycles. The van der Waals surface area contributed by atoms with Crippen LogP contribution in [0.3, 0.4) is 0 Å². The highest BCUT2D eigenvalue weighted by atomic mass is 32.2. The molecule has 1 aromatic rings. The number of amides is 1. The molecule has 0 aliphatic carbocycles. The van der Waals surface area contributed by atoms with Gasteiger partial charge in [0.2, 0.25) is 5.91 Å². The fourth-order valence-corrected chi connectivity index (χ4v) is 3.54. The molecule has 1 saturated heterocycles. The molecule has 1 aliphatic rings. The van der Waals surface area contributed by atoms with E-state index in [0.29, 0.717) is 11.8 Å². The maximum absolute atomic E-state index is 12.4. The lowest BCUT2D eigenvalue weighted by atomic mass is 10.1. The van der Waals surface area contributed by atoms with E-state index in [9.17, 15) is 4.79 Å². The van der Waals surface area contributed by atoms with Crippen LogP contribution in [-0.2, 0) is 10.5 Å². The minimum absolute atomic E-state index is 0.0449. The van der Waals surface area contributed by atoms with Gasteiger partial charge in [-0.2, -0.15) is 0 Å². The van der Waals surface area contributed by atoms with Crippen LogP contribution in [0.15, 0.2) is 30.3 Å². The van der Waals surface area contributed by atoms with E-state index in [2.05, 4.69) is 17.4 Å². The van der Waals surface area contributed by atoms with E-state index in [-0.39, 0.29) is 5.25 Å². The van der Waals surface area contributed by atoms with Gasteiger partial charge < -0.3 is 10.2 Å². The molecule has 1 heterocycles. The number of likely N-dealkylation sites (tertiary alicyclic amines) is 1. The quantitative estimate of drug-likeness (QED) is 0.874. The molecular formula is C16H24N2OS. The lowest BCUT2D eigenvalue weighted by molar-refractivity contribution is -0.129. The molecule has 4 heteroatoms. The van der Waals surface area contributed by atoms with Crippen LogP contribution in [0.4, 0.5) is 0 Å². The highest BCUT2D eigenvalue weighted by molar-refractivity contribution is 7.99. The van der Waals surface area contributed by atoms with Crippen molar-refractivity contribution in [2.24, 2.45) is 5.92 Å². The zero-order chi connectivity index (χ0) is 14.4. The highest BCUT2D eigenvalue weighted by Gasteiger charge is 2.28. The van der Waals surface area contributed by atoms with Crippen molar-refractivity contribution in [2.45, 2.75) is 24.3 Å². The van der Waals surface area contributed by atoms with Gasteiger partial charge in [0.15, 0.2) is 0 Å². The number of hydrogen-bond donors (Lipinski definition) is 1. The Bertz CT molecular complexity index is 424. The SMILES string of the molecule is CNCC1CCN(C(=O)C(C)SCc2ccccc2)C1. The van der Waals surface area contributed by atoms with E-state index < -0.39 is 0 Å². The van der Waals surface area contributed by atoms with Gasteiger partial charge in [-0.05, 0) is 38.4 Å². The Morgan fingerprint density at radius 3 is 2.90 bits per heavy atom. The summed E-state index contributed by atoms with van der Waals surface area (Å²) in [5.41, 5.74) is 1.28. The molecule has 0 saturated carbocycles. The smallest absolute Gasteiger partial charge is 0.235 e. The van der Waals surface area contributed by atoms with Crippen LogP contribution in [0.1, 0.15) is 18.9 Å². The summed E-state index contributed by atoms with van der Waals surface area (Å²) in [6.45, 7) is 4.87. The van der Waals surface area contributed by atoms with Gasteiger partial charge in [0.1, 0.15) is 0 Å². The second kappa shape index (κ2) is 7.70. The summed E-state index contributed by atoms with van der Waals surface area (Å²) in [7, 11) is 1.98. The predicted octanol–water partition coefficient (Wildman–Crippen LogP) is 2.38. The average Bonchev–Trinajstić information content (AvgIpc) is 2.94. The van der Waals surface area contributed by atoms with Crippen molar-refractivity contribution >= 4 is 17.7 Å². The van der Waals surface area contributed by atoms with Gasteiger partial charge in [-0.25, -0.2) is 0 Å². The van der Waals surface area contributed by atoms with Gasteiger partial charge in [-0.3, -0.25) is 4.79 Å². The second-order valence-corrected chi connectivity index (χ2v) is 6.76. The molecule has 1 N–H and O–H groups in total. The van der Waals surface area contributed by atoms with Gasteiger partial charge in [-0.1, -0.05) is 30.3 Å². The number of nitrogens with one attached hydrogen (secondary N) is 1. The van der Waals surface area contributed by atoms with Crippen molar-refractivity contribution < 1.29 is 4.79 Å². The Morgan fingerprint density at radius 1 is 1.45 bits per heavy atom. The lowest BCUT2D eigenvalue weighted by Gasteiger charge is -2.20. The van der Waals surface area contributed by atoms with Crippen molar-refractivity contribution in [1.82, 2.24) is 10.2 Å². The summed E-state index contributed by atoms with van der Waals surface area (Å²) in [6, 6.07) is 10.3. The van der Waals surface area contributed by atoms with Crippen LogP contribution >= 0.6 is 11.8 Å². The number of carbonyl (C=O) groups is 1. The Balaban J connectivity index is 1.78. The molecule has 2 rings (SSSR count). The van der Waals surface area contributed by atoms with Crippen LogP contribution in [0.2, 0.25) is 0 Å². The van der Waals surface area contributed by atoms with Crippen LogP contribution in [0, 0.1) is 5.92 Å². The first kappa shape index (κ1) is 15.4. The fourth-order valence-electron chi connectivity index (χ4n) is 2.61. The molecule has 0 bridgehead atoms. The van der Waals surface area contributed by atoms with E-state index in [0.717, 1.165) is 31.8 Å². The van der Waals surface area contributed by atoms with Gasteiger partial charge >= 0.3 is 0 Å². The Hall–Kier alpha value is -1.00. The first-order valence-corrected chi connectivity index (χ1v) is 8.34. The largest absolute Gasteiger partial charge is 0.341 e. The zero-order valence-corrected chi connectivity index (χ0v) is 13.2. The summed E-state index contributed by atoms with van der Waals surface area (Å²) in [6.07, 6.45) is 1.13. The van der Waals surface area contributed by atoms with Gasteiger partial charge in [0.25, 0.3) is 0 Å². The first-order chi connectivity index (χ1) is 9.70. The standard InChI is InChI=1S/C16H24N2OS/c1-13(20-12-14-6-4-3-5-7-14)16(19)18-9-8-15(11-18)10-17-2/h3-7,13,15,17H,8-12H2,1-2H3. The highest BCUT2D eigenvalue weighted by Crippen LogP contribution is 2.23. The minimum Gasteiger partial charge on any atom is -0.341 e.